The number of methoxy groups -OCH3 is 1. The molecule has 19 heavy (non-hydrogen) atoms. The van der Waals surface area contributed by atoms with Gasteiger partial charge < -0.3 is 20.1 Å². The van der Waals surface area contributed by atoms with E-state index in [0.717, 1.165) is 7.11 Å². The van der Waals surface area contributed by atoms with Crippen LogP contribution in [-0.4, -0.2) is 42.4 Å². The Morgan fingerprint density at radius 2 is 2.26 bits per heavy atom. The first-order valence-corrected chi connectivity index (χ1v) is 5.88. The van der Waals surface area contributed by atoms with Crippen LogP contribution in [0.3, 0.4) is 0 Å². The molecule has 0 radical (unpaired) electrons. The largest absolute Gasteiger partial charge is 0.467 e. The van der Waals surface area contributed by atoms with Crippen molar-refractivity contribution in [3.05, 3.63) is 35.6 Å². The number of halogens is 1. The second-order valence-electron chi connectivity index (χ2n) is 4.25. The van der Waals surface area contributed by atoms with Crippen LogP contribution in [0, 0.1) is 5.82 Å². The number of rotatable bonds is 6. The number of benzene rings is 1. The van der Waals surface area contributed by atoms with E-state index in [1.807, 2.05) is 0 Å². The monoisotopic (exact) mass is 269 g/mol. The van der Waals surface area contributed by atoms with Gasteiger partial charge in [-0.1, -0.05) is 12.1 Å². The van der Waals surface area contributed by atoms with Gasteiger partial charge in [0.05, 0.1) is 7.11 Å². The molecule has 0 spiro atoms. The number of carbonyl (C=O) groups is 1. The van der Waals surface area contributed by atoms with Gasteiger partial charge in [-0.3, -0.25) is 0 Å². The van der Waals surface area contributed by atoms with Gasteiger partial charge in [0, 0.05) is 6.04 Å². The van der Waals surface area contributed by atoms with Gasteiger partial charge in [0.2, 0.25) is 0 Å². The average Bonchev–Trinajstić information content (AvgIpc) is 2.35. The molecule has 3 N–H and O–H groups in total. The van der Waals surface area contributed by atoms with Crippen LogP contribution in [-0.2, 0) is 16.0 Å². The Morgan fingerprint density at radius 1 is 1.58 bits per heavy atom. The van der Waals surface area contributed by atoms with Gasteiger partial charge in [-0.05, 0) is 30.9 Å². The molecule has 0 amide bonds. The Kier molecular flexibility index (Phi) is 5.94. The zero-order valence-electron chi connectivity index (χ0n) is 10.8. The van der Waals surface area contributed by atoms with Crippen molar-refractivity contribution in [3.63, 3.8) is 0 Å². The van der Waals surface area contributed by atoms with Gasteiger partial charge in [0.1, 0.15) is 5.82 Å². The van der Waals surface area contributed by atoms with Crippen LogP contribution in [0.15, 0.2) is 24.3 Å². The summed E-state index contributed by atoms with van der Waals surface area (Å²) in [6.07, 6.45) is -1.26. The van der Waals surface area contributed by atoms with Crippen molar-refractivity contribution >= 4 is 13.0 Å². The summed E-state index contributed by atoms with van der Waals surface area (Å²) in [7, 11) is 0.241. The van der Waals surface area contributed by atoms with Crippen LogP contribution in [0.2, 0.25) is 6.82 Å². The van der Waals surface area contributed by atoms with Crippen molar-refractivity contribution in [1.82, 2.24) is 5.23 Å². The summed E-state index contributed by atoms with van der Waals surface area (Å²) in [5, 5.41) is 21.8. The Bertz CT molecular complexity index is 430. The third-order valence-corrected chi connectivity index (χ3v) is 2.62. The molecule has 1 aromatic carbocycles. The number of ether oxygens (including phenoxy) is 1. The van der Waals surface area contributed by atoms with Crippen molar-refractivity contribution in [2.45, 2.75) is 25.4 Å². The maximum atomic E-state index is 13.1. The summed E-state index contributed by atoms with van der Waals surface area (Å²) in [5.41, 5.74) is 0.598. The van der Waals surface area contributed by atoms with Gasteiger partial charge in [0.25, 0.3) is 0 Å². The number of hydrogen-bond donors (Lipinski definition) is 3. The molecule has 0 fully saturated rings. The Balaban J connectivity index is 2.82. The van der Waals surface area contributed by atoms with Crippen LogP contribution in [0.25, 0.3) is 0 Å². The number of aliphatic hydroxyl groups is 1. The minimum Gasteiger partial charge on any atom is -0.467 e. The van der Waals surface area contributed by atoms with E-state index in [-0.39, 0.29) is 6.42 Å². The molecule has 7 heteroatoms. The lowest BCUT2D eigenvalue weighted by atomic mass is 9.85. The molecule has 0 aliphatic heterocycles. The van der Waals surface area contributed by atoms with Gasteiger partial charge in [-0.2, -0.15) is 0 Å². The molecular weight excluding hydrogens is 252 g/mol. The zero-order valence-corrected chi connectivity index (χ0v) is 10.8. The molecule has 1 aromatic rings. The summed E-state index contributed by atoms with van der Waals surface area (Å²) in [6, 6.07) is 5.05. The van der Waals surface area contributed by atoms with Crippen LogP contribution < -0.4 is 5.23 Å². The van der Waals surface area contributed by atoms with E-state index in [4.69, 9.17) is 0 Å². The Hall–Kier alpha value is -1.44. The van der Waals surface area contributed by atoms with Crippen molar-refractivity contribution < 1.29 is 24.1 Å². The molecule has 0 saturated heterocycles. The van der Waals surface area contributed by atoms with Crippen LogP contribution in [0.5, 0.6) is 0 Å². The molecule has 5 nitrogen and oxygen atoms in total. The van der Waals surface area contributed by atoms with Crippen LogP contribution in [0.1, 0.15) is 5.56 Å². The number of aliphatic hydroxyl groups excluding tert-OH is 1. The van der Waals surface area contributed by atoms with E-state index >= 15 is 0 Å². The van der Waals surface area contributed by atoms with Crippen molar-refractivity contribution in [3.8, 4) is 0 Å². The highest BCUT2D eigenvalue weighted by molar-refractivity contribution is 6.45. The molecule has 104 valence electrons. The first-order valence-electron chi connectivity index (χ1n) is 5.88. The first kappa shape index (κ1) is 15.6. The lowest BCUT2D eigenvalue weighted by molar-refractivity contribution is -0.151. The summed E-state index contributed by atoms with van der Waals surface area (Å²) in [4.78, 5) is 11.3. The van der Waals surface area contributed by atoms with Gasteiger partial charge >= 0.3 is 13.0 Å². The Labute approximate surface area is 111 Å². The smallest absolute Gasteiger partial charge is 0.373 e. The van der Waals surface area contributed by atoms with Gasteiger partial charge in [-0.25, -0.2) is 9.18 Å². The minimum absolute atomic E-state index is 0.179. The molecule has 0 aliphatic carbocycles. The topological polar surface area (TPSA) is 78.8 Å². The molecular formula is C12H17BFNO4. The molecule has 0 aliphatic rings. The summed E-state index contributed by atoms with van der Waals surface area (Å²) in [6.45, 7) is 1.46. The third kappa shape index (κ3) is 4.98. The molecule has 2 atom stereocenters. The lowest BCUT2D eigenvalue weighted by Crippen LogP contribution is -2.51. The molecule has 0 bridgehead atoms. The first-order chi connectivity index (χ1) is 8.93. The molecule has 1 rings (SSSR count). The maximum absolute atomic E-state index is 13.1. The van der Waals surface area contributed by atoms with E-state index in [1.165, 1.54) is 25.0 Å². The van der Waals surface area contributed by atoms with E-state index < -0.39 is 31.0 Å². The number of carbonyl (C=O) groups excluding carboxylic acids is 1. The van der Waals surface area contributed by atoms with E-state index in [0.29, 0.717) is 5.56 Å². The second kappa shape index (κ2) is 7.23. The predicted octanol–water partition coefficient (Wildman–Crippen LogP) is -0.0294. The number of esters is 1. The van der Waals surface area contributed by atoms with Crippen LogP contribution in [0.4, 0.5) is 4.39 Å². The van der Waals surface area contributed by atoms with E-state index in [9.17, 15) is 19.3 Å². The third-order valence-electron chi connectivity index (χ3n) is 2.62. The minimum atomic E-state index is -1.44. The van der Waals surface area contributed by atoms with Gasteiger partial charge in [-0.15, -0.1) is 0 Å². The fourth-order valence-electron chi connectivity index (χ4n) is 1.77. The van der Waals surface area contributed by atoms with Crippen molar-refractivity contribution in [2.75, 3.05) is 7.11 Å². The van der Waals surface area contributed by atoms with Crippen molar-refractivity contribution in [2.24, 2.45) is 0 Å². The van der Waals surface area contributed by atoms with E-state index in [1.54, 1.807) is 6.07 Å². The summed E-state index contributed by atoms with van der Waals surface area (Å²) < 4.78 is 17.5. The lowest BCUT2D eigenvalue weighted by Gasteiger charge is -2.23. The SMILES string of the molecule is COC(=O)[C@H](O)C(Cc1cccc(F)c1)NB(C)O. The highest BCUT2D eigenvalue weighted by Gasteiger charge is 2.28. The quantitative estimate of drug-likeness (QED) is 0.499. The van der Waals surface area contributed by atoms with Crippen LogP contribution >= 0.6 is 0 Å². The number of nitrogens with one attached hydrogen (secondary N) is 1. The van der Waals surface area contributed by atoms with Gasteiger partial charge in [0.15, 0.2) is 6.10 Å². The normalized spacial score (nSPS) is 13.7. The molecule has 1 unspecified atom stereocenters. The molecule has 0 aromatic heterocycles. The average molecular weight is 269 g/mol. The highest BCUT2D eigenvalue weighted by Crippen LogP contribution is 2.10. The summed E-state index contributed by atoms with van der Waals surface area (Å²) in [5.74, 6) is -1.21. The standard InChI is InChI=1S/C12H17BFNO4/c1-13(18)15-10(11(16)12(17)19-2)7-8-4-3-5-9(14)6-8/h3-6,10-11,15-16,18H,7H2,1-2H3/t10?,11-/m1/s1. The predicted molar refractivity (Wildman–Crippen MR) is 68.9 cm³/mol. The molecule has 0 heterocycles. The summed E-state index contributed by atoms with van der Waals surface area (Å²) >= 11 is 0. The molecule has 0 saturated carbocycles. The highest BCUT2D eigenvalue weighted by atomic mass is 19.1. The zero-order chi connectivity index (χ0) is 14.4. The Morgan fingerprint density at radius 3 is 2.79 bits per heavy atom. The van der Waals surface area contributed by atoms with E-state index in [2.05, 4.69) is 9.96 Å². The van der Waals surface area contributed by atoms with Crippen molar-refractivity contribution in [1.29, 1.82) is 0 Å². The fraction of sp³-hybridized carbons (Fsp3) is 0.417. The fourth-order valence-corrected chi connectivity index (χ4v) is 1.77. The maximum Gasteiger partial charge on any atom is 0.373 e. The number of hydrogen-bond acceptors (Lipinski definition) is 5. The second-order valence-corrected chi connectivity index (χ2v) is 4.25.